The van der Waals surface area contributed by atoms with Gasteiger partial charge in [0.1, 0.15) is 0 Å². The third kappa shape index (κ3) is 3.14. The number of benzene rings is 3. The summed E-state index contributed by atoms with van der Waals surface area (Å²) >= 11 is 0. The standard InChI is InChI=1S/C23H17N3O2/c1-3-7-18(8-4-1)20-14-23(26(25-20)19-9-5-2-6-10-19)24-15-17-11-12-21-22(13-17)28-16-27-21/h1-15H,16H2. The summed E-state index contributed by atoms with van der Waals surface area (Å²) in [5.41, 5.74) is 3.83. The second-order valence-corrected chi connectivity index (χ2v) is 6.37. The molecule has 0 saturated carbocycles. The molecule has 5 heteroatoms. The topological polar surface area (TPSA) is 48.6 Å². The molecule has 4 aromatic rings. The van der Waals surface area contributed by atoms with Crippen LogP contribution in [0.4, 0.5) is 5.82 Å². The lowest BCUT2D eigenvalue weighted by Crippen LogP contribution is -1.96. The molecule has 136 valence electrons. The first kappa shape index (κ1) is 16.3. The second kappa shape index (κ2) is 7.04. The molecular formula is C23H17N3O2. The fourth-order valence-electron chi connectivity index (χ4n) is 3.11. The van der Waals surface area contributed by atoms with Crippen LogP contribution >= 0.6 is 0 Å². The van der Waals surface area contributed by atoms with Crippen LogP contribution in [0.1, 0.15) is 5.56 Å². The molecule has 0 spiro atoms. The van der Waals surface area contributed by atoms with E-state index in [0.717, 1.165) is 39.8 Å². The highest BCUT2D eigenvalue weighted by Crippen LogP contribution is 2.32. The average molecular weight is 367 g/mol. The van der Waals surface area contributed by atoms with E-state index < -0.39 is 0 Å². The molecule has 1 aliphatic rings. The maximum atomic E-state index is 5.44. The van der Waals surface area contributed by atoms with Crippen molar-refractivity contribution in [1.29, 1.82) is 0 Å². The van der Waals surface area contributed by atoms with E-state index >= 15 is 0 Å². The summed E-state index contributed by atoms with van der Waals surface area (Å²) in [6.45, 7) is 0.261. The Labute approximate surface area is 162 Å². The van der Waals surface area contributed by atoms with Crippen LogP contribution in [-0.2, 0) is 0 Å². The molecule has 0 aliphatic carbocycles. The first-order valence-electron chi connectivity index (χ1n) is 9.01. The highest BCUT2D eigenvalue weighted by atomic mass is 16.7. The Hall–Kier alpha value is -3.86. The minimum absolute atomic E-state index is 0.261. The number of ether oxygens (including phenoxy) is 2. The highest BCUT2D eigenvalue weighted by molar-refractivity contribution is 5.83. The summed E-state index contributed by atoms with van der Waals surface area (Å²) in [4.78, 5) is 4.70. The molecule has 5 nitrogen and oxygen atoms in total. The molecule has 28 heavy (non-hydrogen) atoms. The van der Waals surface area contributed by atoms with Crippen LogP contribution in [0.5, 0.6) is 11.5 Å². The zero-order valence-electron chi connectivity index (χ0n) is 15.0. The average Bonchev–Trinajstić information content (AvgIpc) is 3.40. The van der Waals surface area contributed by atoms with Gasteiger partial charge in [-0.15, -0.1) is 0 Å². The van der Waals surface area contributed by atoms with Gasteiger partial charge in [0.15, 0.2) is 17.3 Å². The van der Waals surface area contributed by atoms with Crippen LogP contribution in [-0.4, -0.2) is 22.8 Å². The molecular weight excluding hydrogens is 350 g/mol. The fraction of sp³-hybridized carbons (Fsp3) is 0.0435. The number of rotatable bonds is 4. The van der Waals surface area contributed by atoms with Gasteiger partial charge >= 0.3 is 0 Å². The van der Waals surface area contributed by atoms with E-state index in [1.54, 1.807) is 0 Å². The maximum Gasteiger partial charge on any atom is 0.231 e. The van der Waals surface area contributed by atoms with Gasteiger partial charge in [0, 0.05) is 17.8 Å². The molecule has 0 bridgehead atoms. The molecule has 0 amide bonds. The third-order valence-corrected chi connectivity index (χ3v) is 4.50. The summed E-state index contributed by atoms with van der Waals surface area (Å²) in [6.07, 6.45) is 1.81. The molecule has 0 radical (unpaired) electrons. The highest BCUT2D eigenvalue weighted by Gasteiger charge is 2.13. The van der Waals surface area contributed by atoms with Gasteiger partial charge in [-0.1, -0.05) is 48.5 Å². The Balaban J connectivity index is 1.55. The van der Waals surface area contributed by atoms with Crippen molar-refractivity contribution in [3.05, 3.63) is 90.5 Å². The largest absolute Gasteiger partial charge is 0.454 e. The normalized spacial score (nSPS) is 12.6. The summed E-state index contributed by atoms with van der Waals surface area (Å²) in [5.74, 6) is 2.26. The van der Waals surface area contributed by atoms with Crippen LogP contribution in [0, 0.1) is 0 Å². The third-order valence-electron chi connectivity index (χ3n) is 4.50. The smallest absolute Gasteiger partial charge is 0.231 e. The minimum atomic E-state index is 0.261. The van der Waals surface area contributed by atoms with Crippen molar-refractivity contribution in [2.75, 3.05) is 6.79 Å². The molecule has 2 heterocycles. The number of nitrogens with zero attached hydrogens (tertiary/aromatic N) is 3. The Bertz CT molecular complexity index is 1140. The van der Waals surface area contributed by atoms with Crippen molar-refractivity contribution in [1.82, 2.24) is 9.78 Å². The fourth-order valence-corrected chi connectivity index (χ4v) is 3.11. The summed E-state index contributed by atoms with van der Waals surface area (Å²) < 4.78 is 12.7. The van der Waals surface area contributed by atoms with E-state index in [-0.39, 0.29) is 6.79 Å². The first-order chi connectivity index (χ1) is 13.9. The van der Waals surface area contributed by atoms with E-state index in [9.17, 15) is 0 Å². The van der Waals surface area contributed by atoms with Crippen molar-refractivity contribution in [3.8, 4) is 28.4 Å². The van der Waals surface area contributed by atoms with Crippen LogP contribution in [0.3, 0.4) is 0 Å². The molecule has 1 aliphatic heterocycles. The van der Waals surface area contributed by atoms with Gasteiger partial charge in [-0.2, -0.15) is 5.10 Å². The van der Waals surface area contributed by atoms with Gasteiger partial charge < -0.3 is 9.47 Å². The summed E-state index contributed by atoms with van der Waals surface area (Å²) in [6, 6.07) is 27.9. The van der Waals surface area contributed by atoms with Crippen LogP contribution < -0.4 is 9.47 Å². The van der Waals surface area contributed by atoms with E-state index in [4.69, 9.17) is 19.6 Å². The van der Waals surface area contributed by atoms with Crippen LogP contribution in [0.25, 0.3) is 16.9 Å². The van der Waals surface area contributed by atoms with E-state index in [2.05, 4.69) is 0 Å². The van der Waals surface area contributed by atoms with Crippen molar-refractivity contribution in [3.63, 3.8) is 0 Å². The second-order valence-electron chi connectivity index (χ2n) is 6.37. The van der Waals surface area contributed by atoms with Crippen molar-refractivity contribution in [2.24, 2.45) is 4.99 Å². The molecule has 3 aromatic carbocycles. The minimum Gasteiger partial charge on any atom is -0.454 e. The zero-order chi connectivity index (χ0) is 18.8. The van der Waals surface area contributed by atoms with Gasteiger partial charge in [-0.3, -0.25) is 0 Å². The molecule has 0 atom stereocenters. The number of aliphatic imine (C=N–C) groups is 1. The lowest BCUT2D eigenvalue weighted by atomic mass is 10.1. The van der Waals surface area contributed by atoms with Gasteiger partial charge in [0.2, 0.25) is 6.79 Å². The zero-order valence-corrected chi connectivity index (χ0v) is 15.0. The van der Waals surface area contributed by atoms with Gasteiger partial charge in [0.05, 0.1) is 11.4 Å². The number of hydrogen-bond acceptors (Lipinski definition) is 4. The SMILES string of the molecule is C(=Nc1cc(-c2ccccc2)nn1-c1ccccc1)c1ccc2c(c1)OCO2. The summed E-state index contributed by atoms with van der Waals surface area (Å²) in [5, 5.41) is 4.78. The molecule has 0 fully saturated rings. The van der Waals surface area contributed by atoms with Crippen molar-refractivity contribution in [2.45, 2.75) is 0 Å². The number of hydrogen-bond donors (Lipinski definition) is 0. The number of para-hydroxylation sites is 1. The number of fused-ring (bicyclic) bond motifs is 1. The molecule has 0 unspecified atom stereocenters. The van der Waals surface area contributed by atoms with Gasteiger partial charge in [-0.05, 0) is 35.9 Å². The van der Waals surface area contributed by atoms with Gasteiger partial charge in [0.25, 0.3) is 0 Å². The Kier molecular flexibility index (Phi) is 4.10. The predicted molar refractivity (Wildman–Crippen MR) is 109 cm³/mol. The quantitative estimate of drug-likeness (QED) is 0.476. The molecule has 1 aromatic heterocycles. The monoisotopic (exact) mass is 367 g/mol. The Morgan fingerprint density at radius 3 is 2.39 bits per heavy atom. The first-order valence-corrected chi connectivity index (χ1v) is 9.01. The lowest BCUT2D eigenvalue weighted by Gasteiger charge is -2.03. The predicted octanol–water partition coefficient (Wildman–Crippen LogP) is 5.02. The number of aromatic nitrogens is 2. The lowest BCUT2D eigenvalue weighted by molar-refractivity contribution is 0.174. The Morgan fingerprint density at radius 2 is 1.57 bits per heavy atom. The van der Waals surface area contributed by atoms with Crippen molar-refractivity contribution >= 4 is 12.0 Å². The Morgan fingerprint density at radius 1 is 0.821 bits per heavy atom. The van der Waals surface area contributed by atoms with E-state index in [1.165, 1.54) is 0 Å². The van der Waals surface area contributed by atoms with Crippen LogP contribution in [0.15, 0.2) is 89.9 Å². The van der Waals surface area contributed by atoms with Crippen molar-refractivity contribution < 1.29 is 9.47 Å². The van der Waals surface area contributed by atoms with Gasteiger partial charge in [-0.25, -0.2) is 9.67 Å². The maximum absolute atomic E-state index is 5.44. The van der Waals surface area contributed by atoms with Crippen LogP contribution in [0.2, 0.25) is 0 Å². The summed E-state index contributed by atoms with van der Waals surface area (Å²) in [7, 11) is 0. The molecule has 0 N–H and O–H groups in total. The van der Waals surface area contributed by atoms with E-state index in [1.807, 2.05) is 95.8 Å². The molecule has 0 saturated heterocycles. The molecule has 5 rings (SSSR count). The van der Waals surface area contributed by atoms with E-state index in [0.29, 0.717) is 0 Å².